The van der Waals surface area contributed by atoms with Gasteiger partial charge in [-0.15, -0.1) is 0 Å². The van der Waals surface area contributed by atoms with Gasteiger partial charge in [0.05, 0.1) is 29.1 Å². The molecule has 0 atom stereocenters. The van der Waals surface area contributed by atoms with Crippen molar-refractivity contribution in [1.29, 1.82) is 10.5 Å². The molecule has 0 spiro atoms. The molecule has 0 saturated carbocycles. The quantitative estimate of drug-likeness (QED) is 0.166. The summed E-state index contributed by atoms with van der Waals surface area (Å²) in [6, 6.07) is 34.2. The second kappa shape index (κ2) is 13.1. The fourth-order valence-corrected chi connectivity index (χ4v) is 6.40. The molecular weight excluding hydrogens is 645 g/mol. The lowest BCUT2D eigenvalue weighted by Crippen LogP contribution is -2.16. The molecule has 1 aliphatic rings. The van der Waals surface area contributed by atoms with Gasteiger partial charge in [0.15, 0.2) is 6.61 Å². The van der Waals surface area contributed by atoms with Gasteiger partial charge in [-0.25, -0.2) is 8.42 Å². The maximum atomic E-state index is 15.6. The molecule has 7 rings (SSSR count). The summed E-state index contributed by atoms with van der Waals surface area (Å²) in [5.41, 5.74) is 12.6. The number of nitrogens with one attached hydrogen (secondary N) is 1. The van der Waals surface area contributed by atoms with Crippen molar-refractivity contribution in [2.24, 2.45) is 0 Å². The van der Waals surface area contributed by atoms with Crippen molar-refractivity contribution in [3.05, 3.63) is 143 Å². The van der Waals surface area contributed by atoms with Crippen LogP contribution in [0.15, 0.2) is 115 Å². The van der Waals surface area contributed by atoms with Crippen molar-refractivity contribution < 1.29 is 21.9 Å². The Bertz CT molecular complexity index is 2410. The van der Waals surface area contributed by atoms with Gasteiger partial charge in [-0.2, -0.15) is 19.3 Å². The molecule has 1 aliphatic carbocycles. The minimum absolute atomic E-state index is 0.0578. The maximum absolute atomic E-state index is 15.6. The molecule has 0 unspecified atom stereocenters. The number of benzene rings is 5. The van der Waals surface area contributed by atoms with Crippen LogP contribution in [0.25, 0.3) is 27.7 Å². The first kappa shape index (κ1) is 32.8. The van der Waals surface area contributed by atoms with Crippen LogP contribution in [0.2, 0.25) is 0 Å². The predicted octanol–water partition coefficient (Wildman–Crippen LogP) is 7.76. The third kappa shape index (κ3) is 7.08. The van der Waals surface area contributed by atoms with Crippen molar-refractivity contribution in [2.75, 3.05) is 23.3 Å². The zero-order valence-electron chi connectivity index (χ0n) is 26.2. The SMILES string of the molecule is CS(=O)(=O)Nc1ccc2ccn(-c3cc(OCC#N)cc(C(F)(F)c4cccc(C#N)c4)c3)c2c1.Nc1ccc2c(c1)Cc1ccccc1-2. The number of halogens is 2. The van der Waals surface area contributed by atoms with Crippen LogP contribution in [0.4, 0.5) is 20.2 Å². The molecule has 244 valence electrons. The van der Waals surface area contributed by atoms with Gasteiger partial charge in [0.1, 0.15) is 11.8 Å². The number of nitrogen functional groups attached to an aromatic ring is 1. The second-order valence-electron chi connectivity index (χ2n) is 11.5. The van der Waals surface area contributed by atoms with Gasteiger partial charge in [-0.1, -0.05) is 48.5 Å². The third-order valence-corrected chi connectivity index (χ3v) is 8.61. The van der Waals surface area contributed by atoms with Gasteiger partial charge in [0.25, 0.3) is 5.92 Å². The highest BCUT2D eigenvalue weighted by Crippen LogP contribution is 2.40. The number of ether oxygens (including phenoxy) is 1. The van der Waals surface area contributed by atoms with E-state index in [0.717, 1.165) is 35.9 Å². The molecule has 49 heavy (non-hydrogen) atoms. The lowest BCUT2D eigenvalue weighted by molar-refractivity contribution is 0.0425. The fraction of sp³-hybridized carbons (Fsp3) is 0.105. The van der Waals surface area contributed by atoms with E-state index in [1.54, 1.807) is 35.0 Å². The van der Waals surface area contributed by atoms with Crippen LogP contribution in [0.1, 0.15) is 27.8 Å². The predicted molar refractivity (Wildman–Crippen MR) is 186 cm³/mol. The molecular formula is C38H29F2N5O3S. The van der Waals surface area contributed by atoms with Crippen molar-refractivity contribution in [1.82, 2.24) is 4.57 Å². The molecule has 8 nitrogen and oxygen atoms in total. The first-order valence-corrected chi connectivity index (χ1v) is 16.9. The highest BCUT2D eigenvalue weighted by molar-refractivity contribution is 7.92. The lowest BCUT2D eigenvalue weighted by Gasteiger charge is -2.20. The first-order valence-electron chi connectivity index (χ1n) is 15.0. The molecule has 0 aliphatic heterocycles. The van der Waals surface area contributed by atoms with Crippen LogP contribution in [0, 0.1) is 22.7 Å². The van der Waals surface area contributed by atoms with E-state index in [2.05, 4.69) is 41.1 Å². The van der Waals surface area contributed by atoms with E-state index in [0.29, 0.717) is 16.9 Å². The zero-order valence-corrected chi connectivity index (χ0v) is 27.0. The average molecular weight is 674 g/mol. The summed E-state index contributed by atoms with van der Waals surface area (Å²) in [6.45, 7) is -0.340. The molecule has 0 radical (unpaired) electrons. The van der Waals surface area contributed by atoms with E-state index in [4.69, 9.17) is 21.0 Å². The largest absolute Gasteiger partial charge is 0.479 e. The summed E-state index contributed by atoms with van der Waals surface area (Å²) in [4.78, 5) is 0. The number of nitrogens with two attached hydrogens (primary N) is 1. The number of nitrogens with zero attached hydrogens (tertiary/aromatic N) is 3. The van der Waals surface area contributed by atoms with E-state index >= 15 is 8.78 Å². The number of hydrogen-bond donors (Lipinski definition) is 2. The number of rotatable bonds is 7. The fourth-order valence-electron chi connectivity index (χ4n) is 5.85. The van der Waals surface area contributed by atoms with Crippen LogP contribution in [0.5, 0.6) is 5.75 Å². The first-order chi connectivity index (χ1) is 23.4. The number of sulfonamides is 1. The average Bonchev–Trinajstić information content (AvgIpc) is 3.67. The van der Waals surface area contributed by atoms with E-state index in [9.17, 15) is 8.42 Å². The van der Waals surface area contributed by atoms with Gasteiger partial charge in [-0.3, -0.25) is 4.72 Å². The zero-order chi connectivity index (χ0) is 34.8. The molecule has 3 N–H and O–H groups in total. The summed E-state index contributed by atoms with van der Waals surface area (Å²) in [5.74, 6) is -3.41. The summed E-state index contributed by atoms with van der Waals surface area (Å²) < 4.78 is 63.8. The number of alkyl halides is 2. The summed E-state index contributed by atoms with van der Waals surface area (Å²) in [5, 5.41) is 18.8. The topological polar surface area (TPSA) is 134 Å². The van der Waals surface area contributed by atoms with Gasteiger partial charge in [0, 0.05) is 40.2 Å². The Morgan fingerprint density at radius 2 is 1.67 bits per heavy atom. The minimum Gasteiger partial charge on any atom is -0.479 e. The van der Waals surface area contributed by atoms with Crippen molar-refractivity contribution >= 4 is 32.3 Å². The van der Waals surface area contributed by atoms with Gasteiger partial charge >= 0.3 is 0 Å². The van der Waals surface area contributed by atoms with Crippen LogP contribution in [-0.4, -0.2) is 25.8 Å². The summed E-state index contributed by atoms with van der Waals surface area (Å²) >= 11 is 0. The molecule has 5 aromatic carbocycles. The van der Waals surface area contributed by atoms with E-state index in [1.165, 1.54) is 52.6 Å². The Morgan fingerprint density at radius 3 is 2.45 bits per heavy atom. The molecule has 0 fully saturated rings. The Balaban J connectivity index is 0.000000245. The Hall–Kier alpha value is -6.17. The highest BCUT2D eigenvalue weighted by Gasteiger charge is 2.35. The monoisotopic (exact) mass is 673 g/mol. The minimum atomic E-state index is -3.52. The van der Waals surface area contributed by atoms with Crippen LogP contribution >= 0.6 is 0 Å². The summed E-state index contributed by atoms with van der Waals surface area (Å²) in [7, 11) is -3.52. The molecule has 0 saturated heterocycles. The molecule has 11 heteroatoms. The Kier molecular flexibility index (Phi) is 8.79. The summed E-state index contributed by atoms with van der Waals surface area (Å²) in [6.07, 6.45) is 3.72. The molecule has 0 bridgehead atoms. The molecule has 0 amide bonds. The molecule has 6 aromatic rings. The van der Waals surface area contributed by atoms with Gasteiger partial charge < -0.3 is 15.0 Å². The number of fused-ring (bicyclic) bond motifs is 4. The van der Waals surface area contributed by atoms with Crippen LogP contribution in [-0.2, 0) is 22.4 Å². The normalized spacial score (nSPS) is 11.8. The second-order valence-corrected chi connectivity index (χ2v) is 13.3. The van der Waals surface area contributed by atoms with E-state index in [1.807, 2.05) is 18.2 Å². The van der Waals surface area contributed by atoms with Crippen molar-refractivity contribution in [2.45, 2.75) is 12.3 Å². The molecule has 1 aromatic heterocycles. The Morgan fingerprint density at radius 1 is 0.878 bits per heavy atom. The number of aromatic nitrogens is 1. The van der Waals surface area contributed by atoms with Crippen molar-refractivity contribution in [3.63, 3.8) is 0 Å². The smallest absolute Gasteiger partial charge is 0.298 e. The van der Waals surface area contributed by atoms with E-state index < -0.39 is 21.5 Å². The lowest BCUT2D eigenvalue weighted by atomic mass is 9.98. The van der Waals surface area contributed by atoms with Gasteiger partial charge in [0.2, 0.25) is 10.0 Å². The maximum Gasteiger partial charge on any atom is 0.298 e. The highest BCUT2D eigenvalue weighted by atomic mass is 32.2. The third-order valence-electron chi connectivity index (χ3n) is 8.00. The van der Waals surface area contributed by atoms with Gasteiger partial charge in [-0.05, 0) is 83.3 Å². The van der Waals surface area contributed by atoms with E-state index in [-0.39, 0.29) is 23.5 Å². The Labute approximate surface area is 282 Å². The molecule has 1 heterocycles. The number of nitriles is 2. The van der Waals surface area contributed by atoms with Crippen LogP contribution < -0.4 is 15.2 Å². The number of hydrogen-bond acceptors (Lipinski definition) is 6. The number of anilines is 2. The van der Waals surface area contributed by atoms with Crippen molar-refractivity contribution in [3.8, 4) is 34.7 Å². The standard InChI is InChI=1S/C25H18F2N4O3S.C13H11N/c1-35(32,33)30-21-6-5-18-7-9-31(24(18)14-21)22-12-20(13-23(15-22)34-10-8-28)25(26,27)19-4-2-3-17(11-19)16-29;14-11-5-6-13-10(8-11)7-9-3-1-2-4-12(9)13/h2-7,9,11-15,30H,10H2,1H3;1-6,8H,7,14H2. The van der Waals surface area contributed by atoms with Crippen LogP contribution in [0.3, 0.4) is 0 Å².